The molecule has 1 saturated carbocycles. The molecule has 0 bridgehead atoms. The first-order valence-corrected chi connectivity index (χ1v) is 9.00. The number of halogens is 1. The molecule has 0 aliphatic heterocycles. The fraction of sp³-hybridized carbons (Fsp3) is 0.438. The van der Waals surface area contributed by atoms with E-state index in [1.807, 2.05) is 12.1 Å². The highest BCUT2D eigenvalue weighted by Gasteiger charge is 2.18. The highest BCUT2D eigenvalue weighted by Crippen LogP contribution is 2.26. The quantitative estimate of drug-likeness (QED) is 0.860. The van der Waals surface area contributed by atoms with Crippen LogP contribution in [0.25, 0.3) is 10.6 Å². The number of aromatic nitrogens is 1. The van der Waals surface area contributed by atoms with E-state index < -0.39 is 0 Å². The maximum Gasteiger partial charge on any atom is 0.123 e. The Morgan fingerprint density at radius 1 is 1.29 bits per heavy atom. The van der Waals surface area contributed by atoms with E-state index in [4.69, 9.17) is 4.98 Å². The molecule has 2 aromatic rings. The molecule has 21 heavy (non-hydrogen) atoms. The van der Waals surface area contributed by atoms with Crippen molar-refractivity contribution in [2.45, 2.75) is 44.4 Å². The lowest BCUT2D eigenvalue weighted by molar-refractivity contribution is 0.116. The average molecular weight is 367 g/mol. The number of nitrogens with one attached hydrogen (secondary N) is 1. The second-order valence-electron chi connectivity index (χ2n) is 5.54. The Morgan fingerprint density at radius 3 is 2.86 bits per heavy atom. The maximum atomic E-state index is 9.52. The lowest BCUT2D eigenvalue weighted by atomic mass is 9.93. The fourth-order valence-corrected chi connectivity index (χ4v) is 3.89. The van der Waals surface area contributed by atoms with E-state index in [0.717, 1.165) is 53.0 Å². The van der Waals surface area contributed by atoms with Crippen molar-refractivity contribution in [1.29, 1.82) is 0 Å². The Labute approximate surface area is 137 Å². The highest BCUT2D eigenvalue weighted by atomic mass is 79.9. The Balaban J connectivity index is 1.58. The van der Waals surface area contributed by atoms with Gasteiger partial charge in [-0.15, -0.1) is 11.3 Å². The molecular weight excluding hydrogens is 348 g/mol. The maximum absolute atomic E-state index is 9.52. The van der Waals surface area contributed by atoms with Crippen molar-refractivity contribution in [1.82, 2.24) is 10.3 Å². The molecule has 0 saturated heterocycles. The van der Waals surface area contributed by atoms with Gasteiger partial charge in [0.05, 0.1) is 11.8 Å². The van der Waals surface area contributed by atoms with E-state index in [1.165, 1.54) is 0 Å². The third kappa shape index (κ3) is 4.13. The van der Waals surface area contributed by atoms with Crippen LogP contribution in [0.1, 0.15) is 31.4 Å². The number of hydrogen-bond donors (Lipinski definition) is 2. The van der Waals surface area contributed by atoms with Crippen LogP contribution in [-0.4, -0.2) is 22.2 Å². The van der Waals surface area contributed by atoms with Crippen LogP contribution < -0.4 is 5.32 Å². The van der Waals surface area contributed by atoms with E-state index >= 15 is 0 Å². The molecule has 112 valence electrons. The summed E-state index contributed by atoms with van der Waals surface area (Å²) in [5.74, 6) is 0. The molecule has 1 heterocycles. The molecule has 0 unspecified atom stereocenters. The van der Waals surface area contributed by atoms with Crippen molar-refractivity contribution < 1.29 is 5.11 Å². The molecule has 3 rings (SSSR count). The fourth-order valence-electron chi connectivity index (χ4n) is 2.67. The largest absolute Gasteiger partial charge is 0.393 e. The summed E-state index contributed by atoms with van der Waals surface area (Å²) in [4.78, 5) is 4.71. The van der Waals surface area contributed by atoms with Crippen molar-refractivity contribution >= 4 is 27.3 Å². The van der Waals surface area contributed by atoms with Gasteiger partial charge in [-0.25, -0.2) is 4.98 Å². The standard InChI is InChI=1S/C16H19BrN2OS/c17-12-3-1-2-11(8-12)16-19-14(10-21-16)9-18-13-4-6-15(20)7-5-13/h1-3,8,10,13,15,18,20H,4-7,9H2. The summed E-state index contributed by atoms with van der Waals surface area (Å²) in [6, 6.07) is 8.76. The summed E-state index contributed by atoms with van der Waals surface area (Å²) in [7, 11) is 0. The molecule has 1 fully saturated rings. The average Bonchev–Trinajstić information content (AvgIpc) is 2.96. The van der Waals surface area contributed by atoms with Gasteiger partial charge in [-0.05, 0) is 37.8 Å². The molecule has 1 aromatic carbocycles. The number of aliphatic hydroxyl groups excluding tert-OH is 1. The lowest BCUT2D eigenvalue weighted by Gasteiger charge is -2.25. The molecule has 0 amide bonds. The second-order valence-corrected chi connectivity index (χ2v) is 7.31. The van der Waals surface area contributed by atoms with Gasteiger partial charge < -0.3 is 10.4 Å². The van der Waals surface area contributed by atoms with E-state index in [0.29, 0.717) is 6.04 Å². The number of rotatable bonds is 4. The molecule has 0 radical (unpaired) electrons. The summed E-state index contributed by atoms with van der Waals surface area (Å²) in [6.45, 7) is 0.811. The van der Waals surface area contributed by atoms with Crippen molar-refractivity contribution in [2.75, 3.05) is 0 Å². The van der Waals surface area contributed by atoms with Crippen LogP contribution in [0, 0.1) is 0 Å². The van der Waals surface area contributed by atoms with Gasteiger partial charge in [-0.2, -0.15) is 0 Å². The van der Waals surface area contributed by atoms with Crippen LogP contribution in [0.2, 0.25) is 0 Å². The molecule has 1 aromatic heterocycles. The molecule has 5 heteroatoms. The van der Waals surface area contributed by atoms with Gasteiger partial charge in [0.15, 0.2) is 0 Å². The number of benzene rings is 1. The Morgan fingerprint density at radius 2 is 2.10 bits per heavy atom. The topological polar surface area (TPSA) is 45.1 Å². The lowest BCUT2D eigenvalue weighted by Crippen LogP contribution is -2.34. The Hall–Kier alpha value is -0.750. The second kappa shape index (κ2) is 7.01. The van der Waals surface area contributed by atoms with Crippen LogP contribution >= 0.6 is 27.3 Å². The first-order chi connectivity index (χ1) is 10.2. The number of hydrogen-bond acceptors (Lipinski definition) is 4. The predicted octanol–water partition coefficient (Wildman–Crippen LogP) is 3.97. The van der Waals surface area contributed by atoms with E-state index in [9.17, 15) is 5.11 Å². The van der Waals surface area contributed by atoms with Crippen LogP contribution in [0.5, 0.6) is 0 Å². The molecular formula is C16H19BrN2OS. The highest BCUT2D eigenvalue weighted by molar-refractivity contribution is 9.10. The third-order valence-corrected chi connectivity index (χ3v) is 5.33. The number of thiazole rings is 1. The normalized spacial score (nSPS) is 22.4. The summed E-state index contributed by atoms with van der Waals surface area (Å²) in [6.07, 6.45) is 3.86. The third-order valence-electron chi connectivity index (χ3n) is 3.89. The first kappa shape index (κ1) is 15.2. The van der Waals surface area contributed by atoms with Crippen LogP contribution in [0.4, 0.5) is 0 Å². The van der Waals surface area contributed by atoms with E-state index in [-0.39, 0.29) is 6.10 Å². The van der Waals surface area contributed by atoms with Crippen LogP contribution in [0.15, 0.2) is 34.1 Å². The zero-order valence-electron chi connectivity index (χ0n) is 11.8. The van der Waals surface area contributed by atoms with Gasteiger partial charge in [0.25, 0.3) is 0 Å². The SMILES string of the molecule is OC1CCC(NCc2csc(-c3cccc(Br)c3)n2)CC1. The molecule has 1 aliphatic rings. The summed E-state index contributed by atoms with van der Waals surface area (Å²) in [5.41, 5.74) is 2.25. The molecule has 3 nitrogen and oxygen atoms in total. The van der Waals surface area contributed by atoms with Crippen molar-refractivity contribution in [3.05, 3.63) is 39.8 Å². The Bertz CT molecular complexity index is 593. The van der Waals surface area contributed by atoms with Gasteiger partial charge >= 0.3 is 0 Å². The Kier molecular flexibility index (Phi) is 5.06. The minimum absolute atomic E-state index is 0.0922. The van der Waals surface area contributed by atoms with Gasteiger partial charge in [0.1, 0.15) is 5.01 Å². The van der Waals surface area contributed by atoms with E-state index in [2.05, 4.69) is 38.8 Å². The molecule has 0 atom stereocenters. The van der Waals surface area contributed by atoms with Gasteiger partial charge in [0, 0.05) is 28.0 Å². The van der Waals surface area contributed by atoms with Crippen molar-refractivity contribution in [2.24, 2.45) is 0 Å². The summed E-state index contributed by atoms with van der Waals surface area (Å²) >= 11 is 5.18. The summed E-state index contributed by atoms with van der Waals surface area (Å²) < 4.78 is 1.08. The smallest absolute Gasteiger partial charge is 0.123 e. The predicted molar refractivity (Wildman–Crippen MR) is 90.4 cm³/mol. The number of aliphatic hydroxyl groups is 1. The minimum Gasteiger partial charge on any atom is -0.393 e. The minimum atomic E-state index is -0.0922. The zero-order chi connectivity index (χ0) is 14.7. The van der Waals surface area contributed by atoms with Crippen molar-refractivity contribution in [3.63, 3.8) is 0 Å². The van der Waals surface area contributed by atoms with Gasteiger partial charge in [-0.1, -0.05) is 28.1 Å². The van der Waals surface area contributed by atoms with Crippen molar-refractivity contribution in [3.8, 4) is 10.6 Å². The van der Waals surface area contributed by atoms with E-state index in [1.54, 1.807) is 11.3 Å². The zero-order valence-corrected chi connectivity index (χ0v) is 14.2. The first-order valence-electron chi connectivity index (χ1n) is 7.32. The number of nitrogens with zero attached hydrogens (tertiary/aromatic N) is 1. The molecule has 2 N–H and O–H groups in total. The molecule has 0 spiro atoms. The van der Waals surface area contributed by atoms with Gasteiger partial charge in [-0.3, -0.25) is 0 Å². The van der Waals surface area contributed by atoms with Crippen LogP contribution in [0.3, 0.4) is 0 Å². The summed E-state index contributed by atoms with van der Waals surface area (Å²) in [5, 5.41) is 16.3. The van der Waals surface area contributed by atoms with Crippen LogP contribution in [-0.2, 0) is 6.54 Å². The monoisotopic (exact) mass is 366 g/mol. The van der Waals surface area contributed by atoms with Gasteiger partial charge in [0.2, 0.25) is 0 Å². The molecule has 1 aliphatic carbocycles.